The number of carbonyl (C=O) groups excluding carboxylic acids is 2. The number of hydrogen-bond acceptors (Lipinski definition) is 6. The molecular formula is C26H14BrClN2O5S. The molecule has 2 amide bonds. The summed E-state index contributed by atoms with van der Waals surface area (Å²) in [5.41, 5.74) is -0.00526. The Kier molecular flexibility index (Phi) is 6.44. The summed E-state index contributed by atoms with van der Waals surface area (Å²) in [5, 5.41) is 2.94. The SMILES string of the molecule is O=C1NC(=S)N(c2ccc(Oc3ccccc3)cc2)C(=O)C1=Cc1coc2c(Br)cc(Cl)cc2c1=O. The van der Waals surface area contributed by atoms with Crippen LogP contribution in [0.3, 0.4) is 0 Å². The van der Waals surface area contributed by atoms with Gasteiger partial charge in [0, 0.05) is 5.02 Å². The minimum Gasteiger partial charge on any atom is -0.462 e. The number of amides is 2. The van der Waals surface area contributed by atoms with Gasteiger partial charge in [-0.2, -0.15) is 0 Å². The summed E-state index contributed by atoms with van der Waals surface area (Å²) in [6, 6.07) is 18.9. The average molecular weight is 582 g/mol. The van der Waals surface area contributed by atoms with Gasteiger partial charge in [0.25, 0.3) is 11.8 Å². The average Bonchev–Trinajstić information content (AvgIpc) is 2.85. The van der Waals surface area contributed by atoms with E-state index in [0.717, 1.165) is 0 Å². The van der Waals surface area contributed by atoms with Gasteiger partial charge in [0.2, 0.25) is 0 Å². The second-order valence-electron chi connectivity index (χ2n) is 7.65. The Morgan fingerprint density at radius 2 is 1.69 bits per heavy atom. The lowest BCUT2D eigenvalue weighted by molar-refractivity contribution is -0.122. The van der Waals surface area contributed by atoms with Gasteiger partial charge in [0.15, 0.2) is 16.1 Å². The number of fused-ring (bicyclic) bond motifs is 1. The molecule has 3 aromatic carbocycles. The van der Waals surface area contributed by atoms with E-state index < -0.39 is 17.2 Å². The largest absolute Gasteiger partial charge is 0.462 e. The second-order valence-corrected chi connectivity index (χ2v) is 9.33. The van der Waals surface area contributed by atoms with Crippen molar-refractivity contribution in [3.63, 3.8) is 0 Å². The Hall–Kier alpha value is -3.79. The molecule has 5 rings (SSSR count). The molecule has 1 aliphatic heterocycles. The maximum atomic E-state index is 13.3. The van der Waals surface area contributed by atoms with Crippen molar-refractivity contribution in [1.29, 1.82) is 0 Å². The standard InChI is InChI=1S/C26H14BrClN2O5S/c27-21-12-15(28)11-19-22(31)14(13-34-23(19)21)10-20-24(32)29-26(36)30(25(20)33)16-6-8-18(9-7-16)35-17-4-2-1-3-5-17/h1-13H,(H,29,32,36). The molecule has 1 N–H and O–H groups in total. The molecule has 0 saturated carbocycles. The maximum absolute atomic E-state index is 13.3. The normalized spacial score (nSPS) is 14.9. The smallest absolute Gasteiger partial charge is 0.270 e. The lowest BCUT2D eigenvalue weighted by Crippen LogP contribution is -2.54. The number of thiocarbonyl (C=S) groups is 1. The highest BCUT2D eigenvalue weighted by molar-refractivity contribution is 9.10. The van der Waals surface area contributed by atoms with Crippen LogP contribution in [0.1, 0.15) is 5.56 Å². The Labute approximate surface area is 223 Å². The fourth-order valence-corrected chi connectivity index (χ4v) is 4.80. The molecule has 7 nitrogen and oxygen atoms in total. The number of nitrogens with zero attached hydrogens (tertiary/aromatic N) is 1. The number of ether oxygens (including phenoxy) is 1. The molecule has 0 radical (unpaired) electrons. The van der Waals surface area contributed by atoms with Crippen molar-refractivity contribution >= 4 is 79.4 Å². The van der Waals surface area contributed by atoms with Crippen molar-refractivity contribution < 1.29 is 18.7 Å². The van der Waals surface area contributed by atoms with Crippen molar-refractivity contribution in [2.45, 2.75) is 0 Å². The summed E-state index contributed by atoms with van der Waals surface area (Å²) < 4.78 is 11.9. The van der Waals surface area contributed by atoms with E-state index in [-0.39, 0.29) is 21.6 Å². The van der Waals surface area contributed by atoms with Crippen LogP contribution < -0.4 is 20.4 Å². The maximum Gasteiger partial charge on any atom is 0.270 e. The molecule has 2 heterocycles. The fourth-order valence-electron chi connectivity index (χ4n) is 3.62. The van der Waals surface area contributed by atoms with E-state index in [1.54, 1.807) is 30.3 Å². The van der Waals surface area contributed by atoms with Crippen LogP contribution in [0.4, 0.5) is 5.69 Å². The number of rotatable bonds is 4. The molecule has 0 spiro atoms. The van der Waals surface area contributed by atoms with Crippen molar-refractivity contribution in [3.05, 3.63) is 104 Å². The molecule has 1 saturated heterocycles. The molecule has 1 fully saturated rings. The minimum atomic E-state index is -0.725. The molecule has 10 heteroatoms. The van der Waals surface area contributed by atoms with Crippen LogP contribution in [0.15, 0.2) is 92.3 Å². The highest BCUT2D eigenvalue weighted by Crippen LogP contribution is 2.29. The van der Waals surface area contributed by atoms with E-state index >= 15 is 0 Å². The van der Waals surface area contributed by atoms with E-state index in [1.165, 1.54) is 23.3 Å². The summed E-state index contributed by atoms with van der Waals surface area (Å²) in [5.74, 6) is -0.196. The van der Waals surface area contributed by atoms with Crippen LogP contribution >= 0.6 is 39.7 Å². The zero-order valence-electron chi connectivity index (χ0n) is 18.2. The summed E-state index contributed by atoms with van der Waals surface area (Å²) in [6.07, 6.45) is 2.36. The number of hydrogen-bond donors (Lipinski definition) is 1. The van der Waals surface area contributed by atoms with Gasteiger partial charge in [0.1, 0.15) is 23.3 Å². The van der Waals surface area contributed by atoms with E-state index in [9.17, 15) is 14.4 Å². The van der Waals surface area contributed by atoms with Gasteiger partial charge < -0.3 is 9.15 Å². The number of carbonyl (C=O) groups is 2. The number of para-hydroxylation sites is 1. The van der Waals surface area contributed by atoms with Gasteiger partial charge in [-0.25, -0.2) is 0 Å². The van der Waals surface area contributed by atoms with Gasteiger partial charge in [-0.1, -0.05) is 29.8 Å². The third kappa shape index (κ3) is 4.56. The van der Waals surface area contributed by atoms with E-state index in [1.807, 2.05) is 30.3 Å². The van der Waals surface area contributed by atoms with Gasteiger partial charge in [0.05, 0.1) is 21.1 Å². The Morgan fingerprint density at radius 1 is 1.00 bits per heavy atom. The first-order valence-corrected chi connectivity index (χ1v) is 12.0. The molecule has 0 aliphatic carbocycles. The van der Waals surface area contributed by atoms with Gasteiger partial charge >= 0.3 is 0 Å². The number of halogens is 2. The Balaban J connectivity index is 1.48. The summed E-state index contributed by atoms with van der Waals surface area (Å²) >= 11 is 14.6. The zero-order chi connectivity index (χ0) is 25.4. The van der Waals surface area contributed by atoms with Crippen molar-refractivity contribution in [2.24, 2.45) is 0 Å². The topological polar surface area (TPSA) is 88.8 Å². The quantitative estimate of drug-likeness (QED) is 0.185. The van der Waals surface area contributed by atoms with Crippen LogP contribution in [-0.4, -0.2) is 16.9 Å². The van der Waals surface area contributed by atoms with Gasteiger partial charge in [-0.3, -0.25) is 24.6 Å². The predicted molar refractivity (Wildman–Crippen MR) is 144 cm³/mol. The molecular weight excluding hydrogens is 568 g/mol. The molecule has 4 aromatic rings. The molecule has 0 bridgehead atoms. The second kappa shape index (κ2) is 9.69. The van der Waals surface area contributed by atoms with Crippen LogP contribution in [0.2, 0.25) is 5.02 Å². The first-order valence-electron chi connectivity index (χ1n) is 10.5. The lowest BCUT2D eigenvalue weighted by atomic mass is 10.1. The molecule has 0 atom stereocenters. The fraction of sp³-hybridized carbons (Fsp3) is 0. The van der Waals surface area contributed by atoms with Gasteiger partial charge in [-0.05, 0) is 82.8 Å². The van der Waals surface area contributed by atoms with Gasteiger partial charge in [-0.15, -0.1) is 0 Å². The third-order valence-corrected chi connectivity index (χ3v) is 6.39. The highest BCUT2D eigenvalue weighted by atomic mass is 79.9. The molecule has 1 aliphatic rings. The molecule has 178 valence electrons. The zero-order valence-corrected chi connectivity index (χ0v) is 21.3. The molecule has 1 aromatic heterocycles. The summed E-state index contributed by atoms with van der Waals surface area (Å²) in [6.45, 7) is 0. The minimum absolute atomic E-state index is 0.00884. The number of benzene rings is 3. The predicted octanol–water partition coefficient (Wildman–Crippen LogP) is 5.83. The van der Waals surface area contributed by atoms with Crippen LogP contribution in [0.25, 0.3) is 17.0 Å². The number of anilines is 1. The third-order valence-electron chi connectivity index (χ3n) is 5.29. The van der Waals surface area contributed by atoms with E-state index in [0.29, 0.717) is 32.3 Å². The summed E-state index contributed by atoms with van der Waals surface area (Å²) in [4.78, 5) is 40.2. The van der Waals surface area contributed by atoms with Crippen LogP contribution in [0, 0.1) is 0 Å². The number of nitrogens with one attached hydrogen (secondary N) is 1. The van der Waals surface area contributed by atoms with Crippen LogP contribution in [0.5, 0.6) is 11.5 Å². The summed E-state index contributed by atoms with van der Waals surface area (Å²) in [7, 11) is 0. The molecule has 36 heavy (non-hydrogen) atoms. The van der Waals surface area contributed by atoms with Crippen molar-refractivity contribution in [1.82, 2.24) is 5.32 Å². The van der Waals surface area contributed by atoms with Crippen LogP contribution in [-0.2, 0) is 9.59 Å². The lowest BCUT2D eigenvalue weighted by Gasteiger charge is -2.29. The van der Waals surface area contributed by atoms with Crippen molar-refractivity contribution in [3.8, 4) is 11.5 Å². The highest BCUT2D eigenvalue weighted by Gasteiger charge is 2.34. The van der Waals surface area contributed by atoms with E-state index in [4.69, 9.17) is 33.0 Å². The Bertz CT molecular complexity index is 1630. The van der Waals surface area contributed by atoms with E-state index in [2.05, 4.69) is 21.2 Å². The van der Waals surface area contributed by atoms with Crippen molar-refractivity contribution in [2.75, 3.05) is 4.90 Å². The molecule has 0 unspecified atom stereocenters. The first-order chi connectivity index (χ1) is 17.3. The Morgan fingerprint density at radius 3 is 2.42 bits per heavy atom. The first kappa shape index (κ1) is 23.9. The monoisotopic (exact) mass is 580 g/mol.